The number of thioether (sulfide) groups is 1. The van der Waals surface area contributed by atoms with Gasteiger partial charge in [-0.1, -0.05) is 25.1 Å². The van der Waals surface area contributed by atoms with Crippen molar-refractivity contribution in [1.82, 2.24) is 19.8 Å². The molecule has 0 unspecified atom stereocenters. The van der Waals surface area contributed by atoms with E-state index in [2.05, 4.69) is 9.97 Å². The Bertz CT molecular complexity index is 625. The molecule has 0 radical (unpaired) electrons. The lowest BCUT2D eigenvalue weighted by Gasteiger charge is -2.33. The Morgan fingerprint density at radius 2 is 1.96 bits per heavy atom. The summed E-state index contributed by atoms with van der Waals surface area (Å²) < 4.78 is 0. The summed E-state index contributed by atoms with van der Waals surface area (Å²) in [6, 6.07) is 1.47. The van der Waals surface area contributed by atoms with Gasteiger partial charge in [0.1, 0.15) is 0 Å². The summed E-state index contributed by atoms with van der Waals surface area (Å²) in [5, 5.41) is 9.33. The van der Waals surface area contributed by atoms with Crippen LogP contribution in [-0.2, 0) is 11.2 Å². The number of nitrogens with zero attached hydrogens (tertiary/aromatic N) is 3. The lowest BCUT2D eigenvalue weighted by molar-refractivity contribution is -0.129. The first kappa shape index (κ1) is 17.3. The second-order valence-electron chi connectivity index (χ2n) is 5.23. The Morgan fingerprint density at radius 3 is 2.57 bits per heavy atom. The SMILES string of the molecule is CCCc1cc(=O)[nH]c(SCC(=O)N2CCN(C(=O)O)CC2)n1. The van der Waals surface area contributed by atoms with Crippen LogP contribution in [0.1, 0.15) is 19.0 Å². The molecule has 2 heterocycles. The van der Waals surface area contributed by atoms with Gasteiger partial charge in [-0.3, -0.25) is 9.59 Å². The number of carbonyl (C=O) groups excluding carboxylic acids is 1. The number of aryl methyl sites for hydroxylation is 1. The van der Waals surface area contributed by atoms with E-state index in [4.69, 9.17) is 5.11 Å². The second kappa shape index (κ2) is 8.00. The molecule has 8 nitrogen and oxygen atoms in total. The minimum absolute atomic E-state index is 0.0800. The number of carboxylic acid groups (broad SMARTS) is 1. The fraction of sp³-hybridized carbons (Fsp3) is 0.571. The highest BCUT2D eigenvalue weighted by Gasteiger charge is 2.23. The molecular formula is C14H20N4O4S. The normalized spacial score (nSPS) is 14.8. The van der Waals surface area contributed by atoms with Crippen molar-refractivity contribution in [3.05, 3.63) is 22.1 Å². The molecule has 0 atom stereocenters. The first-order valence-corrected chi connectivity index (χ1v) is 8.47. The summed E-state index contributed by atoms with van der Waals surface area (Å²) in [7, 11) is 0. The molecule has 1 aromatic heterocycles. The van der Waals surface area contributed by atoms with Crippen molar-refractivity contribution in [3.63, 3.8) is 0 Å². The van der Waals surface area contributed by atoms with Crippen molar-refractivity contribution in [2.24, 2.45) is 0 Å². The molecule has 2 rings (SSSR count). The quantitative estimate of drug-likeness (QED) is 0.602. The molecule has 9 heteroatoms. The lowest BCUT2D eigenvalue weighted by atomic mass is 10.2. The van der Waals surface area contributed by atoms with Gasteiger partial charge >= 0.3 is 6.09 Å². The van der Waals surface area contributed by atoms with Gasteiger partial charge in [-0.15, -0.1) is 0 Å². The Kier molecular flexibility index (Phi) is 6.03. The van der Waals surface area contributed by atoms with Crippen LogP contribution in [0.5, 0.6) is 0 Å². The Morgan fingerprint density at radius 1 is 1.30 bits per heavy atom. The van der Waals surface area contributed by atoms with E-state index in [1.54, 1.807) is 4.90 Å². The highest BCUT2D eigenvalue weighted by Crippen LogP contribution is 2.14. The summed E-state index contributed by atoms with van der Waals surface area (Å²) in [5.41, 5.74) is 0.509. The van der Waals surface area contributed by atoms with Crippen LogP contribution in [0.25, 0.3) is 0 Å². The second-order valence-corrected chi connectivity index (χ2v) is 6.20. The molecule has 0 aliphatic carbocycles. The molecule has 0 spiro atoms. The average Bonchev–Trinajstić information content (AvgIpc) is 2.52. The Balaban J connectivity index is 1.87. The van der Waals surface area contributed by atoms with Crippen LogP contribution in [0.4, 0.5) is 4.79 Å². The van der Waals surface area contributed by atoms with Crippen molar-refractivity contribution in [2.75, 3.05) is 31.9 Å². The fourth-order valence-corrected chi connectivity index (χ4v) is 3.10. The zero-order valence-corrected chi connectivity index (χ0v) is 13.8. The van der Waals surface area contributed by atoms with Gasteiger partial charge in [0.25, 0.3) is 5.56 Å². The molecule has 126 valence electrons. The van der Waals surface area contributed by atoms with Crippen LogP contribution >= 0.6 is 11.8 Å². The smallest absolute Gasteiger partial charge is 0.407 e. The highest BCUT2D eigenvalue weighted by molar-refractivity contribution is 7.99. The summed E-state index contributed by atoms with van der Waals surface area (Å²) in [6.45, 7) is 3.45. The summed E-state index contributed by atoms with van der Waals surface area (Å²) >= 11 is 1.20. The molecule has 1 fully saturated rings. The minimum Gasteiger partial charge on any atom is -0.465 e. The van der Waals surface area contributed by atoms with Crippen LogP contribution in [0.2, 0.25) is 0 Å². The summed E-state index contributed by atoms with van der Waals surface area (Å²) in [6.07, 6.45) is 0.664. The predicted molar refractivity (Wildman–Crippen MR) is 85.8 cm³/mol. The van der Waals surface area contributed by atoms with E-state index in [1.807, 2.05) is 6.92 Å². The first-order chi connectivity index (χ1) is 11.0. The molecule has 2 amide bonds. The monoisotopic (exact) mass is 340 g/mol. The lowest BCUT2D eigenvalue weighted by Crippen LogP contribution is -2.50. The van der Waals surface area contributed by atoms with Crippen LogP contribution in [0.3, 0.4) is 0 Å². The topological polar surface area (TPSA) is 107 Å². The fourth-order valence-electron chi connectivity index (χ4n) is 2.30. The number of hydrogen-bond acceptors (Lipinski definition) is 5. The van der Waals surface area contributed by atoms with E-state index in [0.717, 1.165) is 18.5 Å². The van der Waals surface area contributed by atoms with Crippen molar-refractivity contribution in [2.45, 2.75) is 24.9 Å². The number of H-pyrrole nitrogens is 1. The third-order valence-corrected chi connectivity index (χ3v) is 4.37. The molecular weight excluding hydrogens is 320 g/mol. The molecule has 2 N–H and O–H groups in total. The van der Waals surface area contributed by atoms with Gasteiger partial charge in [0.2, 0.25) is 5.91 Å². The van der Waals surface area contributed by atoms with Gasteiger partial charge < -0.3 is 19.9 Å². The maximum absolute atomic E-state index is 12.2. The Labute approximate surface area is 137 Å². The van der Waals surface area contributed by atoms with Gasteiger partial charge in [-0.2, -0.15) is 0 Å². The zero-order valence-electron chi connectivity index (χ0n) is 12.9. The number of aromatic nitrogens is 2. The number of nitrogens with one attached hydrogen (secondary N) is 1. The largest absolute Gasteiger partial charge is 0.465 e. The highest BCUT2D eigenvalue weighted by atomic mass is 32.2. The van der Waals surface area contributed by atoms with Gasteiger partial charge in [0.15, 0.2) is 5.16 Å². The zero-order chi connectivity index (χ0) is 16.8. The Hall–Kier alpha value is -2.03. The molecule has 1 saturated heterocycles. The maximum Gasteiger partial charge on any atom is 0.407 e. The number of amides is 2. The maximum atomic E-state index is 12.2. The van der Waals surface area contributed by atoms with Gasteiger partial charge in [0.05, 0.1) is 5.75 Å². The van der Waals surface area contributed by atoms with Crippen LogP contribution in [0, 0.1) is 0 Å². The molecule has 23 heavy (non-hydrogen) atoms. The number of piperazine rings is 1. The number of carbonyl (C=O) groups is 2. The molecule has 1 aromatic rings. The number of hydrogen-bond donors (Lipinski definition) is 2. The standard InChI is InChI=1S/C14H20N4O4S/c1-2-3-10-8-11(19)16-13(15-10)23-9-12(20)17-4-6-18(7-5-17)14(21)22/h8H,2-7,9H2,1H3,(H,21,22)(H,15,16,19). The molecule has 0 aromatic carbocycles. The van der Waals surface area contributed by atoms with Crippen LogP contribution < -0.4 is 5.56 Å². The van der Waals surface area contributed by atoms with Crippen molar-refractivity contribution < 1.29 is 14.7 Å². The van der Waals surface area contributed by atoms with Crippen molar-refractivity contribution in [3.8, 4) is 0 Å². The molecule has 0 saturated carbocycles. The van der Waals surface area contributed by atoms with Crippen molar-refractivity contribution in [1.29, 1.82) is 0 Å². The number of aromatic amines is 1. The van der Waals surface area contributed by atoms with E-state index < -0.39 is 6.09 Å². The molecule has 1 aliphatic heterocycles. The van der Waals surface area contributed by atoms with Gasteiger partial charge in [0, 0.05) is 37.9 Å². The van der Waals surface area contributed by atoms with E-state index in [9.17, 15) is 14.4 Å². The van der Waals surface area contributed by atoms with Gasteiger partial charge in [-0.05, 0) is 6.42 Å². The average molecular weight is 340 g/mol. The molecule has 0 bridgehead atoms. The number of rotatable bonds is 5. The third kappa shape index (κ3) is 4.98. The first-order valence-electron chi connectivity index (χ1n) is 7.48. The van der Waals surface area contributed by atoms with Gasteiger partial charge in [-0.25, -0.2) is 9.78 Å². The molecule has 1 aliphatic rings. The van der Waals surface area contributed by atoms with Crippen molar-refractivity contribution >= 4 is 23.8 Å². The minimum atomic E-state index is -0.957. The van der Waals surface area contributed by atoms with E-state index in [-0.39, 0.29) is 17.2 Å². The summed E-state index contributed by atoms with van der Waals surface area (Å²) in [5.74, 6) is 0.0922. The van der Waals surface area contributed by atoms with E-state index in [1.165, 1.54) is 22.7 Å². The summed E-state index contributed by atoms with van der Waals surface area (Å²) in [4.78, 5) is 44.5. The predicted octanol–water partition coefficient (Wildman–Crippen LogP) is 0.637. The van der Waals surface area contributed by atoms with Crippen LogP contribution in [0.15, 0.2) is 16.0 Å². The van der Waals surface area contributed by atoms with E-state index in [0.29, 0.717) is 31.3 Å². The van der Waals surface area contributed by atoms with Crippen LogP contribution in [-0.4, -0.2) is 68.8 Å². The van der Waals surface area contributed by atoms with E-state index >= 15 is 0 Å². The third-order valence-electron chi connectivity index (χ3n) is 3.51.